The maximum Gasteiger partial charge on any atom is 0.261 e. The Hall–Kier alpha value is -3.35. The Kier molecular flexibility index (Phi) is 6.50. The zero-order valence-corrected chi connectivity index (χ0v) is 17.9. The summed E-state index contributed by atoms with van der Waals surface area (Å²) in [4.78, 5) is 19.0. The Morgan fingerprint density at radius 3 is 2.68 bits per heavy atom. The molecule has 7 nitrogen and oxygen atoms in total. The van der Waals surface area contributed by atoms with Crippen molar-refractivity contribution in [3.05, 3.63) is 59.9 Å². The summed E-state index contributed by atoms with van der Waals surface area (Å²) in [5.74, 6) is 2.53. The number of benzene rings is 2. The van der Waals surface area contributed by atoms with Gasteiger partial charge >= 0.3 is 0 Å². The molecule has 1 amide bonds. The molecular weight excluding hydrogens is 394 g/mol. The Bertz CT molecular complexity index is 1020. The summed E-state index contributed by atoms with van der Waals surface area (Å²) in [6.07, 6.45) is 1.35. The summed E-state index contributed by atoms with van der Waals surface area (Å²) in [6.45, 7) is 6.39. The van der Waals surface area contributed by atoms with Gasteiger partial charge in [-0.1, -0.05) is 36.3 Å². The van der Waals surface area contributed by atoms with Gasteiger partial charge in [-0.2, -0.15) is 4.98 Å². The van der Waals surface area contributed by atoms with Gasteiger partial charge in [0.2, 0.25) is 5.91 Å². The molecule has 7 heteroatoms. The average molecular weight is 421 g/mol. The molecular formula is C24H27N3O4. The van der Waals surface area contributed by atoms with E-state index in [1.165, 1.54) is 0 Å². The van der Waals surface area contributed by atoms with Gasteiger partial charge in [-0.05, 0) is 43.2 Å². The van der Waals surface area contributed by atoms with Crippen LogP contribution in [0.4, 0.5) is 0 Å². The van der Waals surface area contributed by atoms with Gasteiger partial charge in [-0.3, -0.25) is 4.79 Å². The van der Waals surface area contributed by atoms with Crippen LogP contribution in [0, 0.1) is 0 Å². The zero-order valence-electron chi connectivity index (χ0n) is 17.9. The zero-order chi connectivity index (χ0) is 21.6. The molecule has 0 bridgehead atoms. The number of likely N-dealkylation sites (tertiary alicyclic amines) is 1. The van der Waals surface area contributed by atoms with Crippen LogP contribution in [-0.2, 0) is 11.3 Å². The van der Waals surface area contributed by atoms with E-state index in [1.54, 1.807) is 0 Å². The van der Waals surface area contributed by atoms with Crippen LogP contribution >= 0.6 is 0 Å². The number of amides is 1. The van der Waals surface area contributed by atoms with E-state index >= 15 is 0 Å². The monoisotopic (exact) mass is 421 g/mol. The van der Waals surface area contributed by atoms with E-state index in [0.717, 1.165) is 23.3 Å². The molecule has 3 aromatic rings. The number of hydrogen-bond acceptors (Lipinski definition) is 6. The minimum Gasteiger partial charge on any atom is -0.494 e. The lowest BCUT2D eigenvalue weighted by molar-refractivity contribution is -0.128. The fourth-order valence-electron chi connectivity index (χ4n) is 3.66. The standard InChI is InChI=1S/C24H27N3O4/c1-3-13-30-19-11-9-17(10-12-19)15-27-16-18(14-22(27)28)23-25-24(31-26-23)20-7-5-6-8-21(20)29-4-2/h5-12,18H,3-4,13-16H2,1-2H3. The fourth-order valence-corrected chi connectivity index (χ4v) is 3.66. The number of carbonyl (C=O) groups excluding carboxylic acids is 1. The second kappa shape index (κ2) is 9.64. The van der Waals surface area contributed by atoms with Crippen molar-refractivity contribution in [2.45, 2.75) is 39.2 Å². The summed E-state index contributed by atoms with van der Waals surface area (Å²) < 4.78 is 16.8. The van der Waals surface area contributed by atoms with Crippen molar-refractivity contribution in [2.24, 2.45) is 0 Å². The van der Waals surface area contributed by atoms with Crippen LogP contribution in [-0.4, -0.2) is 40.7 Å². The van der Waals surface area contributed by atoms with Crippen molar-refractivity contribution in [1.29, 1.82) is 0 Å². The molecule has 1 unspecified atom stereocenters. The largest absolute Gasteiger partial charge is 0.494 e. The predicted octanol–water partition coefficient (Wildman–Crippen LogP) is 4.44. The molecule has 0 radical (unpaired) electrons. The summed E-state index contributed by atoms with van der Waals surface area (Å²) >= 11 is 0. The predicted molar refractivity (Wildman–Crippen MR) is 116 cm³/mol. The number of aromatic nitrogens is 2. The maximum absolute atomic E-state index is 12.6. The lowest BCUT2D eigenvalue weighted by Gasteiger charge is -2.16. The van der Waals surface area contributed by atoms with Crippen LogP contribution in [0.2, 0.25) is 0 Å². The number of nitrogens with zero attached hydrogens (tertiary/aromatic N) is 3. The highest BCUT2D eigenvalue weighted by Crippen LogP contribution is 2.32. The number of ether oxygens (including phenoxy) is 2. The Morgan fingerprint density at radius 2 is 1.90 bits per heavy atom. The molecule has 4 rings (SSSR count). The first kappa shape index (κ1) is 20.9. The van der Waals surface area contributed by atoms with E-state index in [-0.39, 0.29) is 11.8 Å². The van der Waals surface area contributed by atoms with Gasteiger partial charge in [-0.15, -0.1) is 0 Å². The van der Waals surface area contributed by atoms with Crippen LogP contribution in [0.1, 0.15) is 44.0 Å². The molecule has 2 aromatic carbocycles. The molecule has 1 fully saturated rings. The fraction of sp³-hybridized carbons (Fsp3) is 0.375. The molecule has 31 heavy (non-hydrogen) atoms. The topological polar surface area (TPSA) is 77.7 Å². The molecule has 1 saturated heterocycles. The van der Waals surface area contributed by atoms with Crippen molar-refractivity contribution in [1.82, 2.24) is 15.0 Å². The second-order valence-corrected chi connectivity index (χ2v) is 7.55. The van der Waals surface area contributed by atoms with Gasteiger partial charge in [0.1, 0.15) is 11.5 Å². The third-order valence-corrected chi connectivity index (χ3v) is 5.21. The normalized spacial score (nSPS) is 16.0. The van der Waals surface area contributed by atoms with Crippen LogP contribution in [0.25, 0.3) is 11.5 Å². The molecule has 0 aliphatic carbocycles. The van der Waals surface area contributed by atoms with Crippen LogP contribution < -0.4 is 9.47 Å². The molecule has 1 aliphatic rings. The lowest BCUT2D eigenvalue weighted by Crippen LogP contribution is -2.24. The van der Waals surface area contributed by atoms with E-state index < -0.39 is 0 Å². The second-order valence-electron chi connectivity index (χ2n) is 7.55. The Balaban J connectivity index is 1.42. The lowest BCUT2D eigenvalue weighted by atomic mass is 10.1. The van der Waals surface area contributed by atoms with Gasteiger partial charge in [0, 0.05) is 25.4 Å². The Morgan fingerprint density at radius 1 is 1.10 bits per heavy atom. The van der Waals surface area contributed by atoms with E-state index in [2.05, 4.69) is 17.1 Å². The third-order valence-electron chi connectivity index (χ3n) is 5.21. The highest BCUT2D eigenvalue weighted by Gasteiger charge is 2.34. The minimum atomic E-state index is -0.0867. The van der Waals surface area contributed by atoms with E-state index in [9.17, 15) is 4.79 Å². The van der Waals surface area contributed by atoms with Crippen LogP contribution in [0.5, 0.6) is 11.5 Å². The quantitative estimate of drug-likeness (QED) is 0.508. The van der Waals surface area contributed by atoms with Crippen molar-refractivity contribution < 1.29 is 18.8 Å². The number of carbonyl (C=O) groups is 1. The summed E-state index contributed by atoms with van der Waals surface area (Å²) in [6, 6.07) is 15.5. The molecule has 1 aromatic heterocycles. The summed E-state index contributed by atoms with van der Waals surface area (Å²) in [5, 5.41) is 4.15. The number of hydrogen-bond donors (Lipinski definition) is 0. The number of para-hydroxylation sites is 1. The van der Waals surface area contributed by atoms with E-state index in [1.807, 2.05) is 60.4 Å². The smallest absolute Gasteiger partial charge is 0.261 e. The van der Waals surface area contributed by atoms with Gasteiger partial charge in [0.15, 0.2) is 5.82 Å². The van der Waals surface area contributed by atoms with Crippen molar-refractivity contribution in [3.63, 3.8) is 0 Å². The van der Waals surface area contributed by atoms with E-state index in [4.69, 9.17) is 14.0 Å². The van der Waals surface area contributed by atoms with Crippen molar-refractivity contribution in [2.75, 3.05) is 19.8 Å². The van der Waals surface area contributed by atoms with Gasteiger partial charge in [0.05, 0.1) is 18.8 Å². The number of rotatable bonds is 9. The highest BCUT2D eigenvalue weighted by atomic mass is 16.5. The minimum absolute atomic E-state index is 0.0867. The average Bonchev–Trinajstić information content (AvgIpc) is 3.41. The van der Waals surface area contributed by atoms with Gasteiger partial charge in [0.25, 0.3) is 5.89 Å². The molecule has 0 saturated carbocycles. The molecule has 2 heterocycles. The first-order valence-electron chi connectivity index (χ1n) is 10.7. The van der Waals surface area contributed by atoms with Crippen LogP contribution in [0.3, 0.4) is 0 Å². The SMILES string of the molecule is CCCOc1ccc(CN2CC(c3noc(-c4ccccc4OCC)n3)CC2=O)cc1. The molecule has 0 N–H and O–H groups in total. The summed E-state index contributed by atoms with van der Waals surface area (Å²) in [7, 11) is 0. The van der Waals surface area contributed by atoms with Crippen molar-refractivity contribution >= 4 is 5.91 Å². The first-order valence-corrected chi connectivity index (χ1v) is 10.7. The first-order chi connectivity index (χ1) is 15.2. The van der Waals surface area contributed by atoms with E-state index in [0.29, 0.717) is 50.2 Å². The van der Waals surface area contributed by atoms with Crippen LogP contribution in [0.15, 0.2) is 53.1 Å². The maximum atomic E-state index is 12.6. The summed E-state index contributed by atoms with van der Waals surface area (Å²) in [5.41, 5.74) is 1.83. The molecule has 1 atom stereocenters. The highest BCUT2D eigenvalue weighted by molar-refractivity contribution is 5.79. The van der Waals surface area contributed by atoms with Crippen molar-refractivity contribution in [3.8, 4) is 23.0 Å². The third kappa shape index (κ3) is 4.87. The Labute approximate surface area is 182 Å². The molecule has 162 valence electrons. The van der Waals surface area contributed by atoms with Gasteiger partial charge < -0.3 is 18.9 Å². The molecule has 0 spiro atoms. The molecule has 1 aliphatic heterocycles. The van der Waals surface area contributed by atoms with Gasteiger partial charge in [-0.25, -0.2) is 0 Å².